The van der Waals surface area contributed by atoms with Crippen LogP contribution in [-0.2, 0) is 16.6 Å². The van der Waals surface area contributed by atoms with Crippen LogP contribution in [0, 0.1) is 0 Å². The lowest BCUT2D eigenvalue weighted by atomic mass is 10.2. The summed E-state index contributed by atoms with van der Waals surface area (Å²) in [6.45, 7) is -0.210. The number of hydrogen-bond acceptors (Lipinski definition) is 6. The first-order valence-electron chi connectivity index (χ1n) is 7.67. The SMILES string of the molecule is O=C(c1ccco1)c1ccc(CNS(=O)(=O)c2ccccc2OC(F)(F)F)s1. The van der Waals surface area contributed by atoms with Crippen LogP contribution in [0.2, 0.25) is 0 Å². The maximum Gasteiger partial charge on any atom is 0.573 e. The van der Waals surface area contributed by atoms with Crippen molar-refractivity contribution in [2.24, 2.45) is 0 Å². The third-order valence-corrected chi connectivity index (χ3v) is 5.96. The Kier molecular flexibility index (Phi) is 5.59. The van der Waals surface area contributed by atoms with Crippen molar-refractivity contribution in [3.05, 3.63) is 70.3 Å². The molecular formula is C17H12F3NO5S2. The lowest BCUT2D eigenvalue weighted by Crippen LogP contribution is -2.25. The Morgan fingerprint density at radius 1 is 1.11 bits per heavy atom. The van der Waals surface area contributed by atoms with Crippen LogP contribution in [-0.4, -0.2) is 20.6 Å². The smallest absolute Gasteiger partial charge is 0.461 e. The molecule has 0 unspecified atom stereocenters. The lowest BCUT2D eigenvalue weighted by Gasteiger charge is -2.13. The molecule has 0 spiro atoms. The summed E-state index contributed by atoms with van der Waals surface area (Å²) in [6, 6.07) is 10.5. The highest BCUT2D eigenvalue weighted by Crippen LogP contribution is 2.29. The minimum absolute atomic E-state index is 0.146. The van der Waals surface area contributed by atoms with Gasteiger partial charge in [0, 0.05) is 11.4 Å². The zero-order chi connectivity index (χ0) is 20.4. The predicted octanol–water partition coefficient (Wildman–Crippen LogP) is 3.95. The first-order valence-corrected chi connectivity index (χ1v) is 9.97. The van der Waals surface area contributed by atoms with E-state index in [4.69, 9.17) is 4.42 Å². The number of para-hydroxylation sites is 1. The van der Waals surface area contributed by atoms with Gasteiger partial charge >= 0.3 is 6.36 Å². The number of ether oxygens (including phenoxy) is 1. The number of ketones is 1. The normalized spacial score (nSPS) is 12.1. The molecule has 0 fully saturated rings. The molecule has 0 atom stereocenters. The standard InChI is InChI=1S/C17H12F3NO5S2/c18-17(19,20)26-12-4-1-2-6-15(12)28(23,24)21-10-11-7-8-14(27-11)16(22)13-5-3-9-25-13/h1-9,21H,10H2. The van der Waals surface area contributed by atoms with Crippen molar-refractivity contribution in [3.8, 4) is 5.75 Å². The van der Waals surface area contributed by atoms with Gasteiger partial charge in [-0.2, -0.15) is 0 Å². The van der Waals surface area contributed by atoms with Gasteiger partial charge in [0.2, 0.25) is 15.8 Å². The fourth-order valence-electron chi connectivity index (χ4n) is 2.25. The fourth-order valence-corrected chi connectivity index (χ4v) is 4.37. The van der Waals surface area contributed by atoms with E-state index in [1.807, 2.05) is 0 Å². The molecule has 0 bridgehead atoms. The van der Waals surface area contributed by atoms with Gasteiger partial charge in [-0.15, -0.1) is 24.5 Å². The molecule has 3 rings (SSSR count). The van der Waals surface area contributed by atoms with Crippen molar-refractivity contribution in [2.45, 2.75) is 17.8 Å². The Morgan fingerprint density at radius 2 is 1.86 bits per heavy atom. The predicted molar refractivity (Wildman–Crippen MR) is 93.6 cm³/mol. The highest BCUT2D eigenvalue weighted by atomic mass is 32.2. The van der Waals surface area contributed by atoms with Crippen molar-refractivity contribution in [2.75, 3.05) is 0 Å². The van der Waals surface area contributed by atoms with Crippen LogP contribution < -0.4 is 9.46 Å². The quantitative estimate of drug-likeness (QED) is 0.573. The van der Waals surface area contributed by atoms with E-state index in [-0.39, 0.29) is 18.1 Å². The van der Waals surface area contributed by atoms with E-state index in [0.717, 1.165) is 23.5 Å². The maximum atomic E-state index is 12.5. The Morgan fingerprint density at radius 3 is 2.54 bits per heavy atom. The summed E-state index contributed by atoms with van der Waals surface area (Å²) in [5.41, 5.74) is 0. The number of hydrogen-bond donors (Lipinski definition) is 1. The van der Waals surface area contributed by atoms with E-state index in [2.05, 4.69) is 9.46 Å². The van der Waals surface area contributed by atoms with Crippen LogP contribution in [0.25, 0.3) is 0 Å². The second kappa shape index (κ2) is 7.78. The van der Waals surface area contributed by atoms with Crippen molar-refractivity contribution in [1.82, 2.24) is 4.72 Å². The second-order valence-corrected chi connectivity index (χ2v) is 8.30. The van der Waals surface area contributed by atoms with Crippen LogP contribution in [0.1, 0.15) is 20.3 Å². The summed E-state index contributed by atoms with van der Waals surface area (Å²) in [5, 5.41) is 0. The largest absolute Gasteiger partial charge is 0.573 e. The van der Waals surface area contributed by atoms with E-state index in [0.29, 0.717) is 9.75 Å². The van der Waals surface area contributed by atoms with Gasteiger partial charge in [0.05, 0.1) is 11.1 Å². The molecule has 0 aliphatic carbocycles. The van der Waals surface area contributed by atoms with Gasteiger partial charge in [-0.1, -0.05) is 12.1 Å². The third-order valence-electron chi connectivity index (χ3n) is 3.43. The minimum atomic E-state index is -5.03. The van der Waals surface area contributed by atoms with E-state index in [1.54, 1.807) is 12.1 Å². The molecule has 148 valence electrons. The molecule has 11 heteroatoms. The number of sulfonamides is 1. The number of rotatable bonds is 7. The van der Waals surface area contributed by atoms with E-state index in [1.165, 1.54) is 30.5 Å². The average Bonchev–Trinajstić information content (AvgIpc) is 3.30. The number of carbonyl (C=O) groups is 1. The fraction of sp³-hybridized carbons (Fsp3) is 0.118. The van der Waals surface area contributed by atoms with Gasteiger partial charge in [-0.25, -0.2) is 13.1 Å². The number of halogens is 3. The summed E-state index contributed by atoms with van der Waals surface area (Å²) in [4.78, 5) is 12.4. The van der Waals surface area contributed by atoms with Gasteiger partial charge in [0.25, 0.3) is 0 Å². The molecule has 0 amide bonds. The number of furan rings is 1. The first kappa shape index (κ1) is 20.1. The molecule has 3 aromatic rings. The highest BCUT2D eigenvalue weighted by molar-refractivity contribution is 7.89. The monoisotopic (exact) mass is 431 g/mol. The van der Waals surface area contributed by atoms with Gasteiger partial charge in [0.1, 0.15) is 10.6 Å². The Bertz CT molecular complexity index is 1070. The summed E-state index contributed by atoms with van der Waals surface area (Å²) < 4.78 is 73.3. The van der Waals surface area contributed by atoms with Crippen molar-refractivity contribution >= 4 is 27.1 Å². The topological polar surface area (TPSA) is 85.6 Å². The number of nitrogens with one attached hydrogen (secondary N) is 1. The summed E-state index contributed by atoms with van der Waals surface area (Å²) in [7, 11) is -4.29. The molecule has 0 saturated carbocycles. The lowest BCUT2D eigenvalue weighted by molar-refractivity contribution is -0.275. The van der Waals surface area contributed by atoms with E-state index >= 15 is 0 Å². The van der Waals surface area contributed by atoms with E-state index in [9.17, 15) is 26.4 Å². The molecule has 0 aliphatic heterocycles. The Labute approximate surface area is 161 Å². The summed E-state index contributed by atoms with van der Waals surface area (Å²) in [6.07, 6.45) is -3.67. The van der Waals surface area contributed by atoms with Crippen molar-refractivity contribution in [3.63, 3.8) is 0 Å². The zero-order valence-electron chi connectivity index (χ0n) is 13.9. The Hall–Kier alpha value is -2.63. The number of benzene rings is 1. The highest BCUT2D eigenvalue weighted by Gasteiger charge is 2.34. The molecular weight excluding hydrogens is 419 g/mol. The summed E-state index contributed by atoms with van der Waals surface area (Å²) in [5.74, 6) is -1.04. The van der Waals surface area contributed by atoms with Crippen molar-refractivity contribution in [1.29, 1.82) is 0 Å². The molecule has 2 heterocycles. The second-order valence-electron chi connectivity index (χ2n) is 5.39. The van der Waals surface area contributed by atoms with Gasteiger partial charge in [-0.3, -0.25) is 4.79 Å². The summed E-state index contributed by atoms with van der Waals surface area (Å²) >= 11 is 1.04. The number of carbonyl (C=O) groups excluding carboxylic acids is 1. The first-order chi connectivity index (χ1) is 13.2. The third kappa shape index (κ3) is 4.80. The number of thiophene rings is 1. The molecule has 6 nitrogen and oxygen atoms in total. The van der Waals surface area contributed by atoms with Gasteiger partial charge in [0.15, 0.2) is 5.76 Å². The van der Waals surface area contributed by atoms with Crippen LogP contribution >= 0.6 is 11.3 Å². The molecule has 0 saturated heterocycles. The number of alkyl halides is 3. The van der Waals surface area contributed by atoms with Crippen molar-refractivity contribution < 1.29 is 35.5 Å². The van der Waals surface area contributed by atoms with Crippen LogP contribution in [0.15, 0.2) is 64.1 Å². The zero-order valence-corrected chi connectivity index (χ0v) is 15.5. The minimum Gasteiger partial charge on any atom is -0.461 e. The molecule has 0 aliphatic rings. The molecule has 1 N–H and O–H groups in total. The molecule has 28 heavy (non-hydrogen) atoms. The Balaban J connectivity index is 1.74. The van der Waals surface area contributed by atoms with Crippen LogP contribution in [0.3, 0.4) is 0 Å². The van der Waals surface area contributed by atoms with Gasteiger partial charge in [-0.05, 0) is 36.4 Å². The molecule has 1 aromatic carbocycles. The van der Waals surface area contributed by atoms with Gasteiger partial charge < -0.3 is 9.15 Å². The molecule has 0 radical (unpaired) electrons. The van der Waals surface area contributed by atoms with Crippen LogP contribution in [0.4, 0.5) is 13.2 Å². The maximum absolute atomic E-state index is 12.5. The average molecular weight is 431 g/mol. The molecule has 2 aromatic heterocycles. The van der Waals surface area contributed by atoms with Crippen LogP contribution in [0.5, 0.6) is 5.75 Å². The van der Waals surface area contributed by atoms with E-state index < -0.39 is 27.0 Å².